The zero-order valence-electron chi connectivity index (χ0n) is 9.59. The molecule has 0 aliphatic heterocycles. The highest BCUT2D eigenvalue weighted by Gasteiger charge is 2.37. The minimum absolute atomic E-state index is 0.153. The van der Waals surface area contributed by atoms with Crippen LogP contribution in [0.15, 0.2) is 0 Å². The van der Waals surface area contributed by atoms with Crippen LogP contribution in [0.1, 0.15) is 37.9 Å². The van der Waals surface area contributed by atoms with Crippen LogP contribution in [0.25, 0.3) is 0 Å². The zero-order valence-corrected chi connectivity index (χ0v) is 9.59. The van der Waals surface area contributed by atoms with Crippen molar-refractivity contribution in [2.24, 2.45) is 5.41 Å². The Bertz CT molecular complexity index is 422. The third-order valence-corrected chi connectivity index (χ3v) is 3.52. The summed E-state index contributed by atoms with van der Waals surface area (Å²) in [6.07, 6.45) is 4.58. The molecule has 1 aliphatic carbocycles. The van der Waals surface area contributed by atoms with Crippen LogP contribution in [0, 0.1) is 5.41 Å². The van der Waals surface area contributed by atoms with Crippen molar-refractivity contribution in [3.63, 3.8) is 0 Å². The van der Waals surface area contributed by atoms with Gasteiger partial charge in [-0.1, -0.05) is 12.8 Å². The van der Waals surface area contributed by atoms with Crippen molar-refractivity contribution >= 4 is 11.9 Å². The van der Waals surface area contributed by atoms with E-state index in [-0.39, 0.29) is 17.8 Å². The normalized spacial score (nSPS) is 18.4. The average molecular weight is 239 g/mol. The topological polar surface area (TPSA) is 120 Å². The Hall–Kier alpha value is -1.79. The zero-order chi connectivity index (χ0) is 12.5. The number of hydrogen-bond acceptors (Lipinski definition) is 5. The van der Waals surface area contributed by atoms with Gasteiger partial charge in [-0.15, -0.1) is 10.2 Å². The highest BCUT2D eigenvalue weighted by Crippen LogP contribution is 2.43. The third kappa shape index (κ3) is 2.32. The predicted molar refractivity (Wildman–Crippen MR) is 61.4 cm³/mol. The molecule has 94 valence electrons. The van der Waals surface area contributed by atoms with Crippen LogP contribution in [0.3, 0.4) is 0 Å². The second-order valence-electron chi connectivity index (χ2n) is 4.80. The molecule has 2 rings (SSSR count). The number of carboxylic acids is 1. The van der Waals surface area contributed by atoms with E-state index in [0.29, 0.717) is 12.2 Å². The fourth-order valence-corrected chi connectivity index (χ4v) is 2.66. The Morgan fingerprint density at radius 2 is 2.06 bits per heavy atom. The number of aliphatic carboxylic acids is 1. The minimum Gasteiger partial charge on any atom is -0.481 e. The molecule has 0 saturated heterocycles. The van der Waals surface area contributed by atoms with Crippen LogP contribution in [0.2, 0.25) is 0 Å². The third-order valence-electron chi connectivity index (χ3n) is 3.52. The van der Waals surface area contributed by atoms with Crippen LogP contribution in [-0.2, 0) is 11.2 Å². The number of rotatable bonds is 4. The lowest BCUT2D eigenvalue weighted by atomic mass is 9.79. The van der Waals surface area contributed by atoms with Gasteiger partial charge in [-0.3, -0.25) is 4.79 Å². The first-order valence-corrected chi connectivity index (χ1v) is 5.69. The second kappa shape index (κ2) is 4.23. The molecule has 7 nitrogen and oxygen atoms in total. The Morgan fingerprint density at radius 3 is 2.53 bits per heavy atom. The van der Waals surface area contributed by atoms with E-state index in [0.717, 1.165) is 25.7 Å². The fourth-order valence-electron chi connectivity index (χ4n) is 2.66. The molecule has 7 heteroatoms. The number of aromatic nitrogens is 3. The first-order chi connectivity index (χ1) is 8.02. The van der Waals surface area contributed by atoms with Gasteiger partial charge < -0.3 is 16.7 Å². The van der Waals surface area contributed by atoms with E-state index in [4.69, 9.17) is 16.7 Å². The summed E-state index contributed by atoms with van der Waals surface area (Å²) >= 11 is 0. The Labute approximate surface area is 98.8 Å². The summed E-state index contributed by atoms with van der Waals surface area (Å²) in [5, 5.41) is 16.6. The number of hydrogen-bond donors (Lipinski definition) is 3. The quantitative estimate of drug-likeness (QED) is 0.643. The van der Waals surface area contributed by atoms with Crippen molar-refractivity contribution in [2.45, 2.75) is 38.5 Å². The minimum atomic E-state index is -0.775. The van der Waals surface area contributed by atoms with E-state index in [2.05, 4.69) is 10.2 Å². The lowest BCUT2D eigenvalue weighted by Crippen LogP contribution is -2.27. The van der Waals surface area contributed by atoms with Crippen LogP contribution in [0.4, 0.5) is 5.95 Å². The molecule has 1 aromatic rings. The van der Waals surface area contributed by atoms with Crippen molar-refractivity contribution in [1.29, 1.82) is 0 Å². The first-order valence-electron chi connectivity index (χ1n) is 5.69. The van der Waals surface area contributed by atoms with Crippen molar-refractivity contribution in [1.82, 2.24) is 14.9 Å². The van der Waals surface area contributed by atoms with Gasteiger partial charge in [-0.2, -0.15) is 0 Å². The maximum absolute atomic E-state index is 10.9. The van der Waals surface area contributed by atoms with Crippen LogP contribution in [-0.4, -0.2) is 25.9 Å². The molecule has 1 saturated carbocycles. The largest absolute Gasteiger partial charge is 0.481 e. The van der Waals surface area contributed by atoms with Crippen molar-refractivity contribution in [2.75, 3.05) is 11.6 Å². The Morgan fingerprint density at radius 1 is 1.41 bits per heavy atom. The smallest absolute Gasteiger partial charge is 0.303 e. The van der Waals surface area contributed by atoms with E-state index in [1.54, 1.807) is 0 Å². The van der Waals surface area contributed by atoms with E-state index in [9.17, 15) is 4.79 Å². The van der Waals surface area contributed by atoms with E-state index < -0.39 is 5.97 Å². The molecule has 1 heterocycles. The van der Waals surface area contributed by atoms with Crippen molar-refractivity contribution in [3.8, 4) is 0 Å². The first kappa shape index (κ1) is 11.7. The van der Waals surface area contributed by atoms with Gasteiger partial charge in [0, 0.05) is 6.42 Å². The highest BCUT2D eigenvalue weighted by molar-refractivity contribution is 5.67. The highest BCUT2D eigenvalue weighted by atomic mass is 16.4. The van der Waals surface area contributed by atoms with Gasteiger partial charge in [0.25, 0.3) is 0 Å². The lowest BCUT2D eigenvalue weighted by molar-refractivity contribution is -0.139. The number of nitrogen functional groups attached to an aromatic ring is 2. The summed E-state index contributed by atoms with van der Waals surface area (Å²) in [7, 11) is 0. The number of carbonyl (C=O) groups is 1. The summed E-state index contributed by atoms with van der Waals surface area (Å²) < 4.78 is 1.24. The maximum Gasteiger partial charge on any atom is 0.303 e. The summed E-state index contributed by atoms with van der Waals surface area (Å²) in [5.74, 6) is 5.63. The molecule has 17 heavy (non-hydrogen) atoms. The van der Waals surface area contributed by atoms with Gasteiger partial charge >= 0.3 is 5.97 Å². The van der Waals surface area contributed by atoms with Crippen molar-refractivity contribution < 1.29 is 9.90 Å². The summed E-state index contributed by atoms with van der Waals surface area (Å²) in [6, 6.07) is 0. The van der Waals surface area contributed by atoms with Gasteiger partial charge in [0.2, 0.25) is 5.95 Å². The van der Waals surface area contributed by atoms with Crippen LogP contribution >= 0.6 is 0 Å². The maximum atomic E-state index is 10.9. The molecule has 0 amide bonds. The van der Waals surface area contributed by atoms with E-state index in [1.165, 1.54) is 4.68 Å². The number of anilines is 1. The summed E-state index contributed by atoms with van der Waals surface area (Å²) in [5.41, 5.74) is 5.27. The molecule has 1 fully saturated rings. The second-order valence-corrected chi connectivity index (χ2v) is 4.80. The molecule has 1 aromatic heterocycles. The molecular weight excluding hydrogens is 222 g/mol. The molecule has 0 bridgehead atoms. The molecular formula is C10H17N5O2. The molecule has 0 unspecified atom stereocenters. The fraction of sp³-hybridized carbons (Fsp3) is 0.700. The number of nitrogens with zero attached hydrogens (tertiary/aromatic N) is 3. The van der Waals surface area contributed by atoms with Crippen LogP contribution < -0.4 is 11.6 Å². The lowest BCUT2D eigenvalue weighted by Gasteiger charge is -2.26. The SMILES string of the molecule is Nc1nnc(CC2(CC(=O)O)CCCC2)n1N. The number of carboxylic acid groups (broad SMARTS) is 1. The molecule has 1 aliphatic rings. The monoisotopic (exact) mass is 239 g/mol. The number of nitrogens with two attached hydrogens (primary N) is 2. The Balaban J connectivity index is 2.18. The predicted octanol–water partition coefficient (Wildman–Crippen LogP) is 0.152. The molecule has 0 aromatic carbocycles. The van der Waals surface area contributed by atoms with E-state index >= 15 is 0 Å². The molecule has 0 radical (unpaired) electrons. The van der Waals surface area contributed by atoms with Crippen LogP contribution in [0.5, 0.6) is 0 Å². The van der Waals surface area contributed by atoms with Crippen molar-refractivity contribution in [3.05, 3.63) is 5.82 Å². The molecule has 0 spiro atoms. The van der Waals surface area contributed by atoms with E-state index in [1.807, 2.05) is 0 Å². The van der Waals surface area contributed by atoms with Gasteiger partial charge in [0.15, 0.2) is 5.82 Å². The standard InChI is InChI=1S/C10H17N5O2/c11-9-14-13-7(15(9)12)5-10(6-8(16)17)3-1-2-4-10/h1-6,12H2,(H2,11,14)(H,16,17). The summed E-state index contributed by atoms with van der Waals surface area (Å²) in [4.78, 5) is 10.9. The molecule has 0 atom stereocenters. The Kier molecular flexibility index (Phi) is 2.91. The summed E-state index contributed by atoms with van der Waals surface area (Å²) in [6.45, 7) is 0. The van der Waals surface area contributed by atoms with Gasteiger partial charge in [0.05, 0.1) is 6.42 Å². The van der Waals surface area contributed by atoms with Gasteiger partial charge in [0.1, 0.15) is 0 Å². The van der Waals surface area contributed by atoms with Gasteiger partial charge in [-0.05, 0) is 18.3 Å². The molecule has 5 N–H and O–H groups in total. The van der Waals surface area contributed by atoms with Gasteiger partial charge in [-0.25, -0.2) is 4.68 Å². The average Bonchev–Trinajstić information content (AvgIpc) is 2.80.